The summed E-state index contributed by atoms with van der Waals surface area (Å²) in [6, 6.07) is 3.90. The topological polar surface area (TPSA) is 74.5 Å². The van der Waals surface area contributed by atoms with E-state index in [-0.39, 0.29) is 27.8 Å². The monoisotopic (exact) mass is 473 g/mol. The molecule has 5 nitrogen and oxygen atoms in total. The van der Waals surface area contributed by atoms with Crippen LogP contribution in [-0.4, -0.2) is 36.3 Å². The van der Waals surface area contributed by atoms with Gasteiger partial charge in [-0.2, -0.15) is 27.2 Å². The average Bonchev–Trinajstić information content (AvgIpc) is 3.06. The van der Waals surface area contributed by atoms with E-state index in [1.165, 1.54) is 6.08 Å². The predicted molar refractivity (Wildman–Crippen MR) is 105 cm³/mol. The van der Waals surface area contributed by atoms with Crippen LogP contribution < -0.4 is 10.1 Å². The lowest BCUT2D eigenvalue weighted by molar-refractivity contribution is -0.140. The number of amides is 1. The second-order valence-electron chi connectivity index (χ2n) is 6.48. The molecule has 32 heavy (non-hydrogen) atoms. The highest BCUT2D eigenvalue weighted by molar-refractivity contribution is 8.18. The van der Waals surface area contributed by atoms with E-state index in [9.17, 15) is 31.1 Å². The molecule has 3 rings (SSSR count). The highest BCUT2D eigenvalue weighted by Crippen LogP contribution is 2.40. The van der Waals surface area contributed by atoms with Crippen molar-refractivity contribution in [2.75, 3.05) is 13.2 Å². The Morgan fingerprint density at radius 1 is 1.34 bits per heavy atom. The van der Waals surface area contributed by atoms with Crippen molar-refractivity contribution in [2.24, 2.45) is 4.99 Å². The number of rotatable bonds is 5. The maximum atomic E-state index is 14.6. The molecule has 1 atom stereocenters. The van der Waals surface area contributed by atoms with Crippen LogP contribution in [-0.2, 0) is 11.0 Å². The molecule has 1 aliphatic carbocycles. The number of halogens is 6. The molecule has 0 spiro atoms. The van der Waals surface area contributed by atoms with Crippen molar-refractivity contribution < 1.29 is 35.9 Å². The van der Waals surface area contributed by atoms with E-state index in [0.717, 1.165) is 36.0 Å². The number of hydrogen-bond acceptors (Lipinski definition) is 5. The molecule has 0 bridgehead atoms. The zero-order chi connectivity index (χ0) is 23.5. The fourth-order valence-corrected chi connectivity index (χ4v) is 3.59. The van der Waals surface area contributed by atoms with E-state index in [1.54, 1.807) is 6.07 Å². The maximum Gasteiger partial charge on any atom is 0.420 e. The van der Waals surface area contributed by atoms with Crippen LogP contribution in [0, 0.1) is 11.3 Å². The van der Waals surface area contributed by atoms with E-state index in [0.29, 0.717) is 12.1 Å². The van der Waals surface area contributed by atoms with Crippen LogP contribution in [0.1, 0.15) is 11.1 Å². The Morgan fingerprint density at radius 3 is 2.72 bits per heavy atom. The molecule has 0 saturated carbocycles. The number of aliphatic imine (C=N–C) groups is 1. The van der Waals surface area contributed by atoms with Gasteiger partial charge in [-0.05, 0) is 53.8 Å². The summed E-state index contributed by atoms with van der Waals surface area (Å²) in [6.07, 6.45) is -3.30. The second kappa shape index (κ2) is 9.12. The van der Waals surface area contributed by atoms with Crippen LogP contribution in [0.2, 0.25) is 0 Å². The van der Waals surface area contributed by atoms with Gasteiger partial charge >= 0.3 is 12.1 Å². The summed E-state index contributed by atoms with van der Waals surface area (Å²) in [6.45, 7) is -0.888. The number of amidine groups is 1. The van der Waals surface area contributed by atoms with Crippen molar-refractivity contribution >= 4 is 22.8 Å². The van der Waals surface area contributed by atoms with E-state index in [1.807, 2.05) is 0 Å². The van der Waals surface area contributed by atoms with Crippen LogP contribution in [0.25, 0.3) is 0 Å². The average molecular weight is 473 g/mol. The third-order valence-corrected chi connectivity index (χ3v) is 5.11. The van der Waals surface area contributed by atoms with E-state index >= 15 is 0 Å². The van der Waals surface area contributed by atoms with Crippen LogP contribution in [0.5, 0.6) is 5.75 Å². The van der Waals surface area contributed by atoms with Crippen LogP contribution in [0.15, 0.2) is 58.0 Å². The number of carbonyl (C=O) groups is 1. The Bertz CT molecular complexity index is 1090. The number of nitriles is 1. The molecule has 1 fully saturated rings. The van der Waals surface area contributed by atoms with Gasteiger partial charge in [-0.15, -0.1) is 0 Å². The molecule has 1 aromatic carbocycles. The largest absolute Gasteiger partial charge is 0.479 e. The number of allylic oxidation sites excluding steroid dienone is 3. The Kier molecular flexibility index (Phi) is 6.68. The minimum atomic E-state index is -4.92. The van der Waals surface area contributed by atoms with Gasteiger partial charge < -0.3 is 10.1 Å². The first-order chi connectivity index (χ1) is 15.0. The van der Waals surface area contributed by atoms with Crippen LogP contribution in [0.4, 0.5) is 26.3 Å². The first-order valence-electron chi connectivity index (χ1n) is 8.91. The zero-order valence-corrected chi connectivity index (χ0v) is 16.7. The van der Waals surface area contributed by atoms with Gasteiger partial charge in [-0.1, -0.05) is 6.08 Å². The summed E-state index contributed by atoms with van der Waals surface area (Å²) >= 11 is 0.846. The number of nitrogens with zero attached hydrogens (tertiary/aromatic N) is 2. The molecule has 1 aliphatic heterocycles. The summed E-state index contributed by atoms with van der Waals surface area (Å²) < 4.78 is 86.1. The molecular formula is C20H13F6N3O2S. The molecule has 1 aromatic rings. The number of hydrogen-bond donors (Lipinski definition) is 1. The molecule has 2 aliphatic rings. The van der Waals surface area contributed by atoms with E-state index < -0.39 is 42.1 Å². The third kappa shape index (κ3) is 5.34. The van der Waals surface area contributed by atoms with Gasteiger partial charge in [0.1, 0.15) is 12.4 Å². The quantitative estimate of drug-likeness (QED) is 0.504. The first kappa shape index (κ1) is 23.5. The van der Waals surface area contributed by atoms with Gasteiger partial charge in [0, 0.05) is 0 Å². The zero-order valence-electron chi connectivity index (χ0n) is 15.9. The van der Waals surface area contributed by atoms with Gasteiger partial charge in [0.15, 0.2) is 11.3 Å². The number of nitrogens with one attached hydrogen (secondary N) is 1. The van der Waals surface area contributed by atoms with E-state index in [4.69, 9.17) is 10.00 Å². The lowest BCUT2D eigenvalue weighted by Gasteiger charge is -2.27. The van der Waals surface area contributed by atoms with E-state index in [2.05, 4.69) is 10.3 Å². The lowest BCUT2D eigenvalue weighted by atomic mass is 10.0. The molecule has 1 heterocycles. The summed E-state index contributed by atoms with van der Waals surface area (Å²) in [4.78, 5) is 15.7. The number of alkyl halides is 6. The second-order valence-corrected chi connectivity index (χ2v) is 7.51. The molecule has 1 unspecified atom stereocenters. The Hall–Kier alpha value is -3.20. The highest BCUT2D eigenvalue weighted by Gasteiger charge is 2.42. The van der Waals surface area contributed by atoms with Crippen molar-refractivity contribution in [2.45, 2.75) is 18.2 Å². The molecule has 1 amide bonds. The Labute approximate surface area is 182 Å². The van der Waals surface area contributed by atoms with Crippen molar-refractivity contribution in [3.05, 3.63) is 64.1 Å². The van der Waals surface area contributed by atoms with Crippen molar-refractivity contribution in [3.63, 3.8) is 0 Å². The van der Waals surface area contributed by atoms with Gasteiger partial charge in [0.2, 0.25) is 0 Å². The normalized spacial score (nSPS) is 22.6. The summed E-state index contributed by atoms with van der Waals surface area (Å²) in [7, 11) is 0. The molecule has 1 saturated heterocycles. The molecule has 1 N–H and O–H groups in total. The SMILES string of the molecule is N#Cc1ccc(OC2C=CC(/C=C3/SC(=NCCF)NC3=O)=CC2(F)F)c(C(F)(F)F)c1. The maximum absolute atomic E-state index is 14.6. The summed E-state index contributed by atoms with van der Waals surface area (Å²) in [5, 5.41) is 11.3. The van der Waals surface area contributed by atoms with Crippen molar-refractivity contribution in [1.82, 2.24) is 5.32 Å². The molecule has 168 valence electrons. The smallest absolute Gasteiger partial charge is 0.420 e. The third-order valence-electron chi connectivity index (χ3n) is 4.16. The highest BCUT2D eigenvalue weighted by atomic mass is 32.2. The molecule has 0 radical (unpaired) electrons. The van der Waals surface area contributed by atoms with Gasteiger partial charge in [-0.3, -0.25) is 9.79 Å². The number of carbonyl (C=O) groups excluding carboxylic acids is 1. The standard InChI is InChI=1S/C20H13F6N3O2S/c21-5-6-28-18-29-17(30)15(32-18)8-11-2-4-16(19(22,23)9-11)31-14-3-1-12(10-27)7-13(14)20(24,25)26/h1-4,7-9,16H,5-6H2,(H,28,29,30)/b15-8+. The number of ether oxygens (including phenoxy) is 1. The Morgan fingerprint density at radius 2 is 2.09 bits per heavy atom. The summed E-state index contributed by atoms with van der Waals surface area (Å²) in [5.74, 6) is -5.15. The van der Waals surface area contributed by atoms with Crippen molar-refractivity contribution in [3.8, 4) is 11.8 Å². The number of benzene rings is 1. The predicted octanol–water partition coefficient (Wildman–Crippen LogP) is 4.53. The van der Waals surface area contributed by atoms with Gasteiger partial charge in [0.25, 0.3) is 5.91 Å². The minimum Gasteiger partial charge on any atom is -0.479 e. The molecule has 12 heteroatoms. The fourth-order valence-electron chi connectivity index (χ4n) is 2.74. The fraction of sp³-hybridized carbons (Fsp3) is 0.250. The Balaban J connectivity index is 1.82. The van der Waals surface area contributed by atoms with Gasteiger partial charge in [-0.25, -0.2) is 4.39 Å². The lowest BCUT2D eigenvalue weighted by Crippen LogP contribution is -2.37. The summed E-state index contributed by atoms with van der Waals surface area (Å²) in [5.41, 5.74) is -1.72. The van der Waals surface area contributed by atoms with Crippen LogP contribution >= 0.6 is 11.8 Å². The van der Waals surface area contributed by atoms with Crippen molar-refractivity contribution in [1.29, 1.82) is 5.26 Å². The van der Waals surface area contributed by atoms with Crippen LogP contribution in [0.3, 0.4) is 0 Å². The molecular weight excluding hydrogens is 460 g/mol. The van der Waals surface area contributed by atoms with Gasteiger partial charge in [0.05, 0.1) is 28.6 Å². The molecule has 0 aromatic heterocycles. The number of thioether (sulfide) groups is 1. The minimum absolute atomic E-state index is 0.0418. The first-order valence-corrected chi connectivity index (χ1v) is 9.73.